The highest BCUT2D eigenvalue weighted by atomic mass is 14.5. The third kappa shape index (κ3) is 2.32. The van der Waals surface area contributed by atoms with E-state index in [2.05, 4.69) is 133 Å². The molecule has 3 aliphatic rings. The summed E-state index contributed by atoms with van der Waals surface area (Å²) < 4.78 is 0. The van der Waals surface area contributed by atoms with Crippen molar-refractivity contribution in [1.29, 1.82) is 0 Å². The van der Waals surface area contributed by atoms with Crippen LogP contribution >= 0.6 is 0 Å². The summed E-state index contributed by atoms with van der Waals surface area (Å²) in [6.07, 6.45) is 0.990. The highest BCUT2D eigenvalue weighted by Gasteiger charge is 2.52. The number of hydrogen-bond donors (Lipinski definition) is 0. The molecule has 0 saturated carbocycles. The van der Waals surface area contributed by atoms with Crippen LogP contribution in [0.15, 0.2) is 133 Å². The quantitative estimate of drug-likeness (QED) is 0.220. The molecule has 0 atom stereocenters. The van der Waals surface area contributed by atoms with Crippen LogP contribution in [0.3, 0.4) is 0 Å². The van der Waals surface area contributed by atoms with E-state index in [1.54, 1.807) is 0 Å². The summed E-state index contributed by atoms with van der Waals surface area (Å²) in [6, 6.07) is 50.0. The minimum atomic E-state index is -0.296. The van der Waals surface area contributed by atoms with Crippen LogP contribution in [0.5, 0.6) is 0 Å². The van der Waals surface area contributed by atoms with Crippen molar-refractivity contribution in [2.75, 3.05) is 0 Å². The van der Waals surface area contributed by atoms with Crippen molar-refractivity contribution < 1.29 is 0 Å². The van der Waals surface area contributed by atoms with Gasteiger partial charge < -0.3 is 0 Å². The molecule has 0 aliphatic heterocycles. The first-order valence-corrected chi connectivity index (χ1v) is 13.5. The lowest BCUT2D eigenvalue weighted by Gasteiger charge is -2.30. The zero-order valence-electron chi connectivity index (χ0n) is 20.9. The van der Waals surface area contributed by atoms with Gasteiger partial charge in [0.25, 0.3) is 0 Å². The van der Waals surface area contributed by atoms with Gasteiger partial charge in [-0.3, -0.25) is 0 Å². The molecule has 0 amide bonds. The van der Waals surface area contributed by atoms with Crippen molar-refractivity contribution >= 4 is 0 Å². The van der Waals surface area contributed by atoms with E-state index in [-0.39, 0.29) is 5.41 Å². The normalized spacial score (nSPS) is 14.4. The average Bonchev–Trinajstić information content (AvgIpc) is 3.61. The maximum atomic E-state index is 2.38. The summed E-state index contributed by atoms with van der Waals surface area (Å²) in [7, 11) is 0. The first-order chi connectivity index (χ1) is 18.9. The Bertz CT molecular complexity index is 1910. The van der Waals surface area contributed by atoms with Crippen LogP contribution in [0.4, 0.5) is 0 Å². The summed E-state index contributed by atoms with van der Waals surface area (Å²) >= 11 is 0. The van der Waals surface area contributed by atoms with E-state index in [0.29, 0.717) is 0 Å². The predicted octanol–water partition coefficient (Wildman–Crippen LogP) is 9.27. The molecule has 0 aromatic heterocycles. The van der Waals surface area contributed by atoms with Crippen LogP contribution in [0.25, 0.3) is 44.5 Å². The highest BCUT2D eigenvalue weighted by Crippen LogP contribution is 2.64. The SMILES string of the molecule is c1ccc2c(c1)Cc1c-2cccc1-c1cccc2c1-c1ccccc1C21c2ccccc2-c2ccccc21. The molecule has 0 radical (unpaired) electrons. The molecule has 6 aromatic rings. The summed E-state index contributed by atoms with van der Waals surface area (Å²) in [5.41, 5.74) is 19.1. The minimum absolute atomic E-state index is 0.296. The fourth-order valence-electron chi connectivity index (χ4n) is 7.78. The largest absolute Gasteiger partial charge is 0.0725 e. The first kappa shape index (κ1) is 20.4. The molecule has 1 spiro atoms. The van der Waals surface area contributed by atoms with Gasteiger partial charge >= 0.3 is 0 Å². The molecule has 38 heavy (non-hydrogen) atoms. The second kappa shape index (κ2) is 7.21. The van der Waals surface area contributed by atoms with E-state index in [4.69, 9.17) is 0 Å². The van der Waals surface area contributed by atoms with Gasteiger partial charge in [0.2, 0.25) is 0 Å². The highest BCUT2D eigenvalue weighted by molar-refractivity contribution is 6.01. The zero-order chi connectivity index (χ0) is 24.8. The van der Waals surface area contributed by atoms with Gasteiger partial charge in [-0.05, 0) is 84.3 Å². The Morgan fingerprint density at radius 2 is 0.789 bits per heavy atom. The first-order valence-electron chi connectivity index (χ1n) is 13.5. The monoisotopic (exact) mass is 480 g/mol. The molecule has 176 valence electrons. The van der Waals surface area contributed by atoms with Crippen LogP contribution in [-0.2, 0) is 11.8 Å². The third-order valence-electron chi connectivity index (χ3n) is 9.16. The molecule has 0 unspecified atom stereocenters. The van der Waals surface area contributed by atoms with Gasteiger partial charge in [-0.15, -0.1) is 0 Å². The lowest BCUT2D eigenvalue weighted by atomic mass is 9.70. The Morgan fingerprint density at radius 3 is 1.50 bits per heavy atom. The second-order valence-electron chi connectivity index (χ2n) is 10.8. The zero-order valence-corrected chi connectivity index (χ0v) is 20.9. The van der Waals surface area contributed by atoms with Gasteiger partial charge in [-0.25, -0.2) is 0 Å². The standard InChI is InChI=1S/C38H24/c1-2-12-25-24(11-1)23-32-26(25)16-9-17-27(32)30-18-10-22-36-37(30)31-15-5-8-21-35(31)38(36)33-19-6-3-13-28(33)29-14-4-7-20-34(29)38/h1-22H,23H2. The molecule has 6 aromatic carbocycles. The van der Waals surface area contributed by atoms with E-state index in [1.807, 2.05) is 0 Å². The number of fused-ring (bicyclic) bond motifs is 13. The Morgan fingerprint density at radius 1 is 0.342 bits per heavy atom. The van der Waals surface area contributed by atoms with E-state index in [0.717, 1.165) is 6.42 Å². The third-order valence-corrected chi connectivity index (χ3v) is 9.16. The van der Waals surface area contributed by atoms with Crippen molar-refractivity contribution in [3.63, 3.8) is 0 Å². The summed E-state index contributed by atoms with van der Waals surface area (Å²) in [4.78, 5) is 0. The number of hydrogen-bond acceptors (Lipinski definition) is 0. The topological polar surface area (TPSA) is 0 Å². The molecule has 0 nitrogen and oxygen atoms in total. The van der Waals surface area contributed by atoms with Crippen LogP contribution in [0, 0.1) is 0 Å². The Kier molecular flexibility index (Phi) is 3.87. The molecular weight excluding hydrogens is 456 g/mol. The molecule has 0 heteroatoms. The average molecular weight is 481 g/mol. The van der Waals surface area contributed by atoms with E-state index >= 15 is 0 Å². The van der Waals surface area contributed by atoms with Gasteiger partial charge in [0.05, 0.1) is 5.41 Å². The minimum Gasteiger partial charge on any atom is -0.0619 e. The molecule has 0 fully saturated rings. The van der Waals surface area contributed by atoms with Gasteiger partial charge in [-0.1, -0.05) is 133 Å². The molecule has 0 N–H and O–H groups in total. The van der Waals surface area contributed by atoms with Crippen molar-refractivity contribution in [2.24, 2.45) is 0 Å². The Labute approximate surface area is 222 Å². The van der Waals surface area contributed by atoms with Crippen molar-refractivity contribution in [2.45, 2.75) is 11.8 Å². The smallest absolute Gasteiger partial charge is 0.0619 e. The number of rotatable bonds is 1. The summed E-state index contributed by atoms with van der Waals surface area (Å²) in [5, 5.41) is 0. The molecule has 3 aliphatic carbocycles. The Balaban J connectivity index is 1.40. The predicted molar refractivity (Wildman–Crippen MR) is 156 cm³/mol. The van der Waals surface area contributed by atoms with Crippen LogP contribution in [-0.4, -0.2) is 0 Å². The maximum Gasteiger partial charge on any atom is 0.0725 e. The van der Waals surface area contributed by atoms with E-state index < -0.39 is 0 Å². The van der Waals surface area contributed by atoms with Crippen LogP contribution < -0.4 is 0 Å². The molecule has 0 heterocycles. The van der Waals surface area contributed by atoms with Gasteiger partial charge in [0.1, 0.15) is 0 Å². The van der Waals surface area contributed by atoms with Gasteiger partial charge in [-0.2, -0.15) is 0 Å². The van der Waals surface area contributed by atoms with Gasteiger partial charge in [0, 0.05) is 0 Å². The fourth-order valence-corrected chi connectivity index (χ4v) is 7.78. The fraction of sp³-hybridized carbons (Fsp3) is 0.0526. The van der Waals surface area contributed by atoms with Crippen molar-refractivity contribution in [3.8, 4) is 44.5 Å². The molecule has 9 rings (SSSR count). The van der Waals surface area contributed by atoms with Crippen molar-refractivity contribution in [3.05, 3.63) is 167 Å². The second-order valence-corrected chi connectivity index (χ2v) is 10.8. The van der Waals surface area contributed by atoms with E-state index in [1.165, 1.54) is 77.9 Å². The lowest BCUT2D eigenvalue weighted by molar-refractivity contribution is 0.794. The number of benzene rings is 6. The molecular formula is C38H24. The Hall–Kier alpha value is -4.68. The summed E-state index contributed by atoms with van der Waals surface area (Å²) in [5.74, 6) is 0. The van der Waals surface area contributed by atoms with Crippen molar-refractivity contribution in [1.82, 2.24) is 0 Å². The van der Waals surface area contributed by atoms with Crippen LogP contribution in [0.1, 0.15) is 33.4 Å². The summed E-state index contributed by atoms with van der Waals surface area (Å²) in [6.45, 7) is 0. The molecule has 0 bridgehead atoms. The van der Waals surface area contributed by atoms with Gasteiger partial charge in [0.15, 0.2) is 0 Å². The maximum absolute atomic E-state index is 2.38. The van der Waals surface area contributed by atoms with Crippen LogP contribution in [0.2, 0.25) is 0 Å². The molecule has 0 saturated heterocycles. The lowest BCUT2D eigenvalue weighted by Crippen LogP contribution is -2.25. The van der Waals surface area contributed by atoms with E-state index in [9.17, 15) is 0 Å².